The molecule has 8 heteroatoms. The van der Waals surface area contributed by atoms with Crippen LogP contribution in [-0.4, -0.2) is 46.5 Å². The van der Waals surface area contributed by atoms with Crippen molar-refractivity contribution >= 4 is 11.7 Å². The summed E-state index contributed by atoms with van der Waals surface area (Å²) in [6, 6.07) is 5.90. The molecule has 1 aromatic carbocycles. The van der Waals surface area contributed by atoms with Crippen LogP contribution in [-0.2, 0) is 20.9 Å². The van der Waals surface area contributed by atoms with Crippen LogP contribution in [0.4, 0.5) is 5.69 Å². The molecule has 0 radical (unpaired) electrons. The normalized spacial score (nSPS) is 24.0. The van der Waals surface area contributed by atoms with Gasteiger partial charge in [0, 0.05) is 24.1 Å². The Morgan fingerprint density at radius 3 is 2.83 bits per heavy atom. The first kappa shape index (κ1) is 17.1. The molecular formula is C15H17NO7. The fourth-order valence-electron chi connectivity index (χ4n) is 2.33. The number of carbonyl (C=O) groups excluding carboxylic acids is 1. The van der Waals surface area contributed by atoms with Crippen molar-refractivity contribution in [1.82, 2.24) is 0 Å². The minimum Gasteiger partial charge on any atom is -0.466 e. The third-order valence-corrected chi connectivity index (χ3v) is 3.56. The molecule has 0 spiro atoms. The van der Waals surface area contributed by atoms with Crippen LogP contribution in [0.5, 0.6) is 0 Å². The lowest BCUT2D eigenvalue weighted by Crippen LogP contribution is -2.42. The molecule has 0 aliphatic heterocycles. The molecule has 1 aliphatic rings. The van der Waals surface area contributed by atoms with Gasteiger partial charge in [0.1, 0.15) is 12.2 Å². The number of nitro groups is 1. The Balaban J connectivity index is 2.05. The quantitative estimate of drug-likeness (QED) is 0.465. The minimum atomic E-state index is -1.24. The number of hydrogen-bond acceptors (Lipinski definition) is 7. The molecule has 3 atom stereocenters. The monoisotopic (exact) mass is 323 g/mol. The van der Waals surface area contributed by atoms with Crippen LogP contribution in [0.1, 0.15) is 12.0 Å². The number of hydrogen-bond donors (Lipinski definition) is 2. The highest BCUT2D eigenvalue weighted by Gasteiger charge is 2.34. The molecule has 8 nitrogen and oxygen atoms in total. The van der Waals surface area contributed by atoms with Crippen molar-refractivity contribution in [1.29, 1.82) is 0 Å². The molecule has 0 aromatic heterocycles. The second-order valence-corrected chi connectivity index (χ2v) is 5.15. The maximum Gasteiger partial charge on any atom is 0.333 e. The van der Waals surface area contributed by atoms with E-state index in [0.29, 0.717) is 5.56 Å². The molecule has 2 rings (SSSR count). The summed E-state index contributed by atoms with van der Waals surface area (Å²) in [6.07, 6.45) is -1.93. The van der Waals surface area contributed by atoms with Crippen molar-refractivity contribution in [3.05, 3.63) is 51.6 Å². The molecule has 23 heavy (non-hydrogen) atoms. The summed E-state index contributed by atoms with van der Waals surface area (Å²) in [7, 11) is 1.22. The molecule has 0 saturated heterocycles. The van der Waals surface area contributed by atoms with Crippen molar-refractivity contribution in [2.24, 2.45) is 0 Å². The molecule has 0 saturated carbocycles. The zero-order valence-electron chi connectivity index (χ0n) is 12.4. The molecule has 0 bridgehead atoms. The summed E-state index contributed by atoms with van der Waals surface area (Å²) in [5.74, 6) is -0.597. The van der Waals surface area contributed by atoms with Crippen LogP contribution >= 0.6 is 0 Å². The van der Waals surface area contributed by atoms with Gasteiger partial charge in [0.15, 0.2) is 0 Å². The number of aliphatic hydroxyl groups is 2. The Labute approximate surface area is 132 Å². The summed E-state index contributed by atoms with van der Waals surface area (Å²) in [4.78, 5) is 21.8. The van der Waals surface area contributed by atoms with E-state index in [9.17, 15) is 25.1 Å². The number of nitro benzene ring substituents is 1. The Morgan fingerprint density at radius 2 is 2.17 bits per heavy atom. The molecule has 0 amide bonds. The third kappa shape index (κ3) is 4.13. The fourth-order valence-corrected chi connectivity index (χ4v) is 2.33. The zero-order chi connectivity index (χ0) is 17.0. The summed E-state index contributed by atoms with van der Waals surface area (Å²) >= 11 is 0. The van der Waals surface area contributed by atoms with E-state index in [0.717, 1.165) is 0 Å². The van der Waals surface area contributed by atoms with Gasteiger partial charge in [-0.25, -0.2) is 4.79 Å². The SMILES string of the molecule is COC(=O)C1=C[C@@H](O)[C@H](O)[C@H](OCc2cccc([N+](=O)[O-])c2)C1. The lowest BCUT2D eigenvalue weighted by atomic mass is 9.92. The molecular weight excluding hydrogens is 306 g/mol. The van der Waals surface area contributed by atoms with Crippen LogP contribution in [0.2, 0.25) is 0 Å². The highest BCUT2D eigenvalue weighted by molar-refractivity contribution is 5.88. The van der Waals surface area contributed by atoms with Crippen molar-refractivity contribution in [2.45, 2.75) is 31.3 Å². The van der Waals surface area contributed by atoms with Crippen molar-refractivity contribution in [2.75, 3.05) is 7.11 Å². The van der Waals surface area contributed by atoms with Gasteiger partial charge in [-0.15, -0.1) is 0 Å². The number of aliphatic hydroxyl groups excluding tert-OH is 2. The number of esters is 1. The van der Waals surface area contributed by atoms with Gasteiger partial charge >= 0.3 is 5.97 Å². The van der Waals surface area contributed by atoms with E-state index in [-0.39, 0.29) is 24.3 Å². The molecule has 1 aliphatic carbocycles. The average Bonchev–Trinajstić information content (AvgIpc) is 2.55. The van der Waals surface area contributed by atoms with Gasteiger partial charge in [0.05, 0.1) is 24.7 Å². The van der Waals surface area contributed by atoms with E-state index in [1.807, 2.05) is 0 Å². The zero-order valence-corrected chi connectivity index (χ0v) is 12.4. The Hall–Kier alpha value is -2.29. The summed E-state index contributed by atoms with van der Waals surface area (Å²) in [5.41, 5.74) is 0.704. The highest BCUT2D eigenvalue weighted by atomic mass is 16.6. The first-order valence-electron chi connectivity index (χ1n) is 6.92. The second-order valence-electron chi connectivity index (χ2n) is 5.15. The molecule has 0 heterocycles. The highest BCUT2D eigenvalue weighted by Crippen LogP contribution is 2.24. The smallest absolute Gasteiger partial charge is 0.333 e. The van der Waals surface area contributed by atoms with Gasteiger partial charge in [0.25, 0.3) is 5.69 Å². The van der Waals surface area contributed by atoms with Crippen molar-refractivity contribution in [3.63, 3.8) is 0 Å². The van der Waals surface area contributed by atoms with Crippen LogP contribution in [0, 0.1) is 10.1 Å². The van der Waals surface area contributed by atoms with Crippen LogP contribution < -0.4 is 0 Å². The van der Waals surface area contributed by atoms with Gasteiger partial charge in [-0.2, -0.15) is 0 Å². The van der Waals surface area contributed by atoms with Crippen LogP contribution in [0.25, 0.3) is 0 Å². The number of rotatable bonds is 5. The van der Waals surface area contributed by atoms with E-state index in [1.54, 1.807) is 6.07 Å². The number of ether oxygens (including phenoxy) is 2. The molecule has 124 valence electrons. The maximum atomic E-state index is 11.5. The number of non-ortho nitro benzene ring substituents is 1. The number of nitrogens with zero attached hydrogens (tertiary/aromatic N) is 1. The Kier molecular flexibility index (Phi) is 5.43. The first-order chi connectivity index (χ1) is 10.9. The minimum absolute atomic E-state index is 0.00454. The standard InChI is InChI=1S/C15H17NO7/c1-22-15(19)10-6-12(17)14(18)13(7-10)23-8-9-3-2-4-11(5-9)16(20)21/h2-6,12-14,17-18H,7-8H2,1H3/t12-,13-,14+/m1/s1. The van der Waals surface area contributed by atoms with Gasteiger partial charge in [-0.1, -0.05) is 12.1 Å². The van der Waals surface area contributed by atoms with E-state index >= 15 is 0 Å². The van der Waals surface area contributed by atoms with E-state index in [4.69, 9.17) is 4.74 Å². The lowest BCUT2D eigenvalue weighted by molar-refractivity contribution is -0.385. The van der Waals surface area contributed by atoms with Crippen LogP contribution in [0.15, 0.2) is 35.9 Å². The summed E-state index contributed by atoms with van der Waals surface area (Å²) < 4.78 is 10.1. The van der Waals surface area contributed by atoms with Crippen LogP contribution in [0.3, 0.4) is 0 Å². The van der Waals surface area contributed by atoms with Crippen molar-refractivity contribution in [3.8, 4) is 0 Å². The number of benzene rings is 1. The average molecular weight is 323 g/mol. The van der Waals surface area contributed by atoms with Gasteiger partial charge < -0.3 is 19.7 Å². The summed E-state index contributed by atoms with van der Waals surface area (Å²) in [5, 5.41) is 30.5. The maximum absolute atomic E-state index is 11.5. The van der Waals surface area contributed by atoms with E-state index in [1.165, 1.54) is 31.4 Å². The van der Waals surface area contributed by atoms with Gasteiger partial charge in [-0.05, 0) is 11.6 Å². The summed E-state index contributed by atoms with van der Waals surface area (Å²) in [6.45, 7) is 0.00454. The van der Waals surface area contributed by atoms with Gasteiger partial charge in [0.2, 0.25) is 0 Å². The Bertz CT molecular complexity index is 628. The molecule has 0 unspecified atom stereocenters. The predicted octanol–water partition coefficient (Wildman–Crippen LogP) is 0.705. The third-order valence-electron chi connectivity index (χ3n) is 3.56. The van der Waals surface area contributed by atoms with E-state index < -0.39 is 29.2 Å². The Morgan fingerprint density at radius 1 is 1.43 bits per heavy atom. The molecule has 0 fully saturated rings. The largest absolute Gasteiger partial charge is 0.466 e. The lowest BCUT2D eigenvalue weighted by Gasteiger charge is -2.30. The number of methoxy groups -OCH3 is 1. The van der Waals surface area contributed by atoms with Crippen molar-refractivity contribution < 1.29 is 29.4 Å². The topological polar surface area (TPSA) is 119 Å². The number of carbonyl (C=O) groups is 1. The van der Waals surface area contributed by atoms with E-state index in [2.05, 4.69) is 4.74 Å². The first-order valence-corrected chi connectivity index (χ1v) is 6.92. The fraction of sp³-hybridized carbons (Fsp3) is 0.400. The predicted molar refractivity (Wildman–Crippen MR) is 78.4 cm³/mol. The second kappa shape index (κ2) is 7.32. The molecule has 1 aromatic rings. The van der Waals surface area contributed by atoms with Gasteiger partial charge in [-0.3, -0.25) is 10.1 Å². The molecule has 2 N–H and O–H groups in total.